The van der Waals surface area contributed by atoms with Gasteiger partial charge in [0, 0.05) is 27.1 Å². The molecular weight excluding hydrogens is 346 g/mol. The van der Waals surface area contributed by atoms with Gasteiger partial charge in [-0.2, -0.15) is 0 Å². The van der Waals surface area contributed by atoms with Gasteiger partial charge in [-0.1, -0.05) is 43.6 Å². The first kappa shape index (κ1) is 18.5. The molecule has 0 fully saturated rings. The van der Waals surface area contributed by atoms with Crippen molar-refractivity contribution in [2.75, 3.05) is 6.61 Å². The topological polar surface area (TPSA) is 55.4 Å². The third kappa shape index (κ3) is 4.82. The number of ether oxygens (including phenoxy) is 1. The van der Waals surface area contributed by atoms with Crippen LogP contribution in [0.3, 0.4) is 0 Å². The van der Waals surface area contributed by atoms with Crippen LogP contribution in [-0.2, 0) is 14.3 Å². The Bertz CT molecular complexity index is 767. The Labute approximate surface area is 150 Å². The van der Waals surface area contributed by atoms with E-state index in [1.165, 1.54) is 17.4 Å². The van der Waals surface area contributed by atoms with E-state index < -0.39 is 5.97 Å². The summed E-state index contributed by atoms with van der Waals surface area (Å²) >= 11 is 7.79. The number of benzene rings is 1. The van der Waals surface area contributed by atoms with E-state index in [0.29, 0.717) is 10.9 Å². The number of esters is 1. The van der Waals surface area contributed by atoms with Gasteiger partial charge in [0.05, 0.1) is 5.02 Å². The van der Waals surface area contributed by atoms with Crippen molar-refractivity contribution < 1.29 is 14.3 Å². The minimum Gasteiger partial charge on any atom is -0.452 e. The van der Waals surface area contributed by atoms with Crippen LogP contribution in [-0.4, -0.2) is 24.5 Å². The summed E-state index contributed by atoms with van der Waals surface area (Å²) in [5.74, 6) is -0.562. The molecule has 0 saturated heterocycles. The molecule has 1 aromatic carbocycles. The number of amides is 1. The largest absolute Gasteiger partial charge is 0.452 e. The van der Waals surface area contributed by atoms with Gasteiger partial charge in [-0.15, -0.1) is 11.3 Å². The number of halogens is 1. The fourth-order valence-electron chi connectivity index (χ4n) is 1.93. The van der Waals surface area contributed by atoms with Crippen LogP contribution in [0.4, 0.5) is 0 Å². The molecule has 0 aliphatic rings. The lowest BCUT2D eigenvalue weighted by atomic mass is 10.1. The van der Waals surface area contributed by atoms with Gasteiger partial charge in [0.1, 0.15) is 0 Å². The van der Waals surface area contributed by atoms with Crippen molar-refractivity contribution in [2.45, 2.75) is 26.8 Å². The lowest BCUT2D eigenvalue weighted by Crippen LogP contribution is -2.38. The Morgan fingerprint density at radius 1 is 1.29 bits per heavy atom. The van der Waals surface area contributed by atoms with Crippen molar-refractivity contribution in [2.24, 2.45) is 5.92 Å². The quantitative estimate of drug-likeness (QED) is 0.614. The molecule has 1 unspecified atom stereocenters. The smallest absolute Gasteiger partial charge is 0.331 e. The molecule has 0 spiro atoms. The van der Waals surface area contributed by atoms with Crippen LogP contribution in [0.15, 0.2) is 30.3 Å². The third-order valence-corrected chi connectivity index (χ3v) is 5.32. The zero-order valence-corrected chi connectivity index (χ0v) is 15.4. The van der Waals surface area contributed by atoms with Crippen molar-refractivity contribution in [3.05, 3.63) is 40.2 Å². The van der Waals surface area contributed by atoms with E-state index in [1.54, 1.807) is 6.08 Å². The third-order valence-electron chi connectivity index (χ3n) is 3.66. The molecule has 1 heterocycles. The first-order chi connectivity index (χ1) is 11.4. The van der Waals surface area contributed by atoms with Gasteiger partial charge in [-0.05, 0) is 25.0 Å². The second-order valence-electron chi connectivity index (χ2n) is 5.82. The summed E-state index contributed by atoms with van der Waals surface area (Å²) in [5, 5.41) is 4.35. The number of rotatable bonds is 6. The second-order valence-corrected chi connectivity index (χ2v) is 7.28. The molecular formula is C18H20ClNO3S. The van der Waals surface area contributed by atoms with E-state index >= 15 is 0 Å². The average Bonchev–Trinajstić information content (AvgIpc) is 2.87. The summed E-state index contributed by atoms with van der Waals surface area (Å²) < 4.78 is 6.00. The molecule has 0 aliphatic carbocycles. The number of carbonyl (C=O) groups excluding carboxylic acids is 2. The van der Waals surface area contributed by atoms with E-state index in [1.807, 2.05) is 45.0 Å². The van der Waals surface area contributed by atoms with E-state index in [0.717, 1.165) is 15.0 Å². The standard InChI is InChI=1S/C18H20ClNO3S/c1-11(2)12(3)20-16(21)10-23-17(22)9-8-15-18(19)13-6-4-5-7-14(13)24-15/h4-9,11-12H,10H2,1-3H3,(H,20,21)/b9-8+. The van der Waals surface area contributed by atoms with Crippen LogP contribution in [0.2, 0.25) is 5.02 Å². The van der Waals surface area contributed by atoms with Crippen LogP contribution in [0.1, 0.15) is 25.6 Å². The summed E-state index contributed by atoms with van der Waals surface area (Å²) in [6.07, 6.45) is 2.90. The van der Waals surface area contributed by atoms with Gasteiger partial charge in [-0.25, -0.2) is 4.79 Å². The molecule has 0 bridgehead atoms. The van der Waals surface area contributed by atoms with E-state index in [9.17, 15) is 9.59 Å². The highest BCUT2D eigenvalue weighted by Gasteiger charge is 2.12. The van der Waals surface area contributed by atoms with Gasteiger partial charge in [0.2, 0.25) is 0 Å². The van der Waals surface area contributed by atoms with E-state index in [-0.39, 0.29) is 18.6 Å². The first-order valence-electron chi connectivity index (χ1n) is 7.69. The second kappa shape index (κ2) is 8.31. The molecule has 1 amide bonds. The molecule has 24 heavy (non-hydrogen) atoms. The molecule has 0 saturated carbocycles. The highest BCUT2D eigenvalue weighted by molar-refractivity contribution is 7.20. The number of carbonyl (C=O) groups is 2. The zero-order chi connectivity index (χ0) is 17.7. The summed E-state index contributed by atoms with van der Waals surface area (Å²) in [4.78, 5) is 24.2. The first-order valence-corrected chi connectivity index (χ1v) is 8.89. The van der Waals surface area contributed by atoms with Gasteiger partial charge in [0.25, 0.3) is 5.91 Å². The summed E-state index contributed by atoms with van der Waals surface area (Å²) in [7, 11) is 0. The Balaban J connectivity index is 1.90. The van der Waals surface area contributed by atoms with Crippen molar-refractivity contribution in [3.8, 4) is 0 Å². The van der Waals surface area contributed by atoms with Gasteiger partial charge in [-0.3, -0.25) is 4.79 Å². The van der Waals surface area contributed by atoms with Crippen molar-refractivity contribution in [3.63, 3.8) is 0 Å². The molecule has 1 aromatic heterocycles. The maximum absolute atomic E-state index is 11.7. The molecule has 2 rings (SSSR count). The van der Waals surface area contributed by atoms with Crippen LogP contribution in [0.25, 0.3) is 16.2 Å². The Kier molecular flexibility index (Phi) is 6.40. The zero-order valence-electron chi connectivity index (χ0n) is 13.8. The van der Waals surface area contributed by atoms with Crippen LogP contribution in [0.5, 0.6) is 0 Å². The predicted octanol–water partition coefficient (Wildman–Crippen LogP) is 4.27. The maximum Gasteiger partial charge on any atom is 0.331 e. The van der Waals surface area contributed by atoms with Gasteiger partial charge < -0.3 is 10.1 Å². The number of nitrogens with one attached hydrogen (secondary N) is 1. The number of hydrogen-bond acceptors (Lipinski definition) is 4. The Hall–Kier alpha value is -1.85. The lowest BCUT2D eigenvalue weighted by molar-refractivity contribution is -0.144. The van der Waals surface area contributed by atoms with E-state index in [4.69, 9.17) is 16.3 Å². The highest BCUT2D eigenvalue weighted by atomic mass is 35.5. The van der Waals surface area contributed by atoms with Crippen LogP contribution >= 0.6 is 22.9 Å². The summed E-state index contributed by atoms with van der Waals surface area (Å²) in [6.45, 7) is 5.64. The normalized spacial score (nSPS) is 12.7. The van der Waals surface area contributed by atoms with Crippen molar-refractivity contribution in [1.82, 2.24) is 5.32 Å². The number of thiophene rings is 1. The molecule has 128 valence electrons. The van der Waals surface area contributed by atoms with E-state index in [2.05, 4.69) is 5.32 Å². The predicted molar refractivity (Wildman–Crippen MR) is 99.3 cm³/mol. The maximum atomic E-state index is 11.7. The van der Waals surface area contributed by atoms with Crippen LogP contribution < -0.4 is 5.32 Å². The molecule has 1 atom stereocenters. The van der Waals surface area contributed by atoms with Gasteiger partial charge in [0.15, 0.2) is 6.61 Å². The fourth-order valence-corrected chi connectivity index (χ4v) is 3.33. The molecule has 0 aliphatic heterocycles. The Morgan fingerprint density at radius 3 is 2.67 bits per heavy atom. The molecule has 6 heteroatoms. The molecule has 1 N–H and O–H groups in total. The monoisotopic (exact) mass is 365 g/mol. The number of hydrogen-bond donors (Lipinski definition) is 1. The minimum absolute atomic E-state index is 0.0316. The summed E-state index contributed by atoms with van der Waals surface area (Å²) in [5.41, 5.74) is 0. The van der Waals surface area contributed by atoms with Crippen LogP contribution in [0, 0.1) is 5.92 Å². The minimum atomic E-state index is -0.573. The fraction of sp³-hybridized carbons (Fsp3) is 0.333. The summed E-state index contributed by atoms with van der Waals surface area (Å²) in [6, 6.07) is 7.79. The van der Waals surface area contributed by atoms with Crippen molar-refractivity contribution >= 4 is 51.0 Å². The Morgan fingerprint density at radius 2 is 2.00 bits per heavy atom. The lowest BCUT2D eigenvalue weighted by Gasteiger charge is -2.16. The van der Waals surface area contributed by atoms with Gasteiger partial charge >= 0.3 is 5.97 Å². The highest BCUT2D eigenvalue weighted by Crippen LogP contribution is 2.35. The molecule has 4 nitrogen and oxygen atoms in total. The van der Waals surface area contributed by atoms with Crippen molar-refractivity contribution in [1.29, 1.82) is 0 Å². The number of fused-ring (bicyclic) bond motifs is 1. The SMILES string of the molecule is CC(C)C(C)NC(=O)COC(=O)/C=C/c1sc2ccccc2c1Cl. The average molecular weight is 366 g/mol. The molecule has 0 radical (unpaired) electrons. The molecule has 2 aromatic rings.